The molecule has 0 aromatic carbocycles. The largest absolute Gasteiger partial charge is 0.315 e. The molecule has 3 heterocycles. The summed E-state index contributed by atoms with van der Waals surface area (Å²) in [6.07, 6.45) is 2.80. The molecule has 19 heavy (non-hydrogen) atoms. The zero-order chi connectivity index (χ0) is 13.5. The van der Waals surface area contributed by atoms with Crippen molar-refractivity contribution in [3.63, 3.8) is 0 Å². The molecule has 1 aromatic rings. The minimum atomic E-state index is 0.294. The lowest BCUT2D eigenvalue weighted by atomic mass is 9.92. The molecular weight excluding hydrogens is 252 g/mol. The SMILES string of the molecule is CC(C)(C)c1ccc(CN2CCCC3CNCC32)s1. The van der Waals surface area contributed by atoms with E-state index in [-0.39, 0.29) is 0 Å². The van der Waals surface area contributed by atoms with Crippen LogP contribution in [0, 0.1) is 5.92 Å². The number of piperidine rings is 1. The second-order valence-corrected chi connectivity index (χ2v) is 8.28. The van der Waals surface area contributed by atoms with Crippen LogP contribution in [0.1, 0.15) is 43.4 Å². The number of likely N-dealkylation sites (tertiary alicyclic amines) is 1. The van der Waals surface area contributed by atoms with Gasteiger partial charge in [-0.25, -0.2) is 0 Å². The second-order valence-electron chi connectivity index (χ2n) is 7.11. The first-order valence-electron chi connectivity index (χ1n) is 7.58. The molecule has 3 rings (SSSR count). The summed E-state index contributed by atoms with van der Waals surface area (Å²) in [6.45, 7) is 11.8. The quantitative estimate of drug-likeness (QED) is 0.893. The third-order valence-corrected chi connectivity index (χ3v) is 6.05. The van der Waals surface area contributed by atoms with Crippen molar-refractivity contribution < 1.29 is 0 Å². The lowest BCUT2D eigenvalue weighted by Crippen LogP contribution is -2.44. The summed E-state index contributed by atoms with van der Waals surface area (Å²) < 4.78 is 0. The molecule has 2 fully saturated rings. The van der Waals surface area contributed by atoms with Crippen molar-refractivity contribution >= 4 is 11.3 Å². The summed E-state index contributed by atoms with van der Waals surface area (Å²) in [7, 11) is 0. The highest BCUT2D eigenvalue weighted by Gasteiger charge is 2.34. The molecule has 0 bridgehead atoms. The highest BCUT2D eigenvalue weighted by Crippen LogP contribution is 2.32. The summed E-state index contributed by atoms with van der Waals surface area (Å²) in [6, 6.07) is 5.46. The van der Waals surface area contributed by atoms with Gasteiger partial charge in [0.25, 0.3) is 0 Å². The van der Waals surface area contributed by atoms with Crippen LogP contribution in [-0.4, -0.2) is 30.6 Å². The number of hydrogen-bond donors (Lipinski definition) is 1. The zero-order valence-electron chi connectivity index (χ0n) is 12.4. The Kier molecular flexibility index (Phi) is 3.71. The predicted molar refractivity (Wildman–Crippen MR) is 82.8 cm³/mol. The van der Waals surface area contributed by atoms with E-state index < -0.39 is 0 Å². The zero-order valence-corrected chi connectivity index (χ0v) is 13.2. The molecule has 2 atom stereocenters. The van der Waals surface area contributed by atoms with Crippen molar-refractivity contribution in [1.82, 2.24) is 10.2 Å². The standard InChI is InChI=1S/C16H26N2S/c1-16(2,3)15-7-6-13(19-15)11-18-8-4-5-12-9-17-10-14(12)18/h6-7,12,14,17H,4-5,8-11H2,1-3H3. The number of fused-ring (bicyclic) bond motifs is 1. The maximum absolute atomic E-state index is 3.57. The average molecular weight is 278 g/mol. The summed E-state index contributed by atoms with van der Waals surface area (Å²) in [5, 5.41) is 3.57. The Labute approximate surface area is 121 Å². The highest BCUT2D eigenvalue weighted by molar-refractivity contribution is 7.12. The highest BCUT2D eigenvalue weighted by atomic mass is 32.1. The number of nitrogens with zero attached hydrogens (tertiary/aromatic N) is 1. The van der Waals surface area contributed by atoms with Gasteiger partial charge in [0.1, 0.15) is 0 Å². The molecule has 2 unspecified atom stereocenters. The molecule has 1 N–H and O–H groups in total. The van der Waals surface area contributed by atoms with E-state index in [0.29, 0.717) is 5.41 Å². The summed E-state index contributed by atoms with van der Waals surface area (Å²) >= 11 is 2.01. The Bertz CT molecular complexity index is 432. The summed E-state index contributed by atoms with van der Waals surface area (Å²) in [5.41, 5.74) is 0.294. The van der Waals surface area contributed by atoms with Crippen LogP contribution in [0.5, 0.6) is 0 Å². The number of rotatable bonds is 2. The van der Waals surface area contributed by atoms with Crippen LogP contribution in [0.2, 0.25) is 0 Å². The second kappa shape index (κ2) is 5.19. The smallest absolute Gasteiger partial charge is 0.0331 e. The van der Waals surface area contributed by atoms with Crippen LogP contribution in [0.3, 0.4) is 0 Å². The van der Waals surface area contributed by atoms with Gasteiger partial charge in [0, 0.05) is 28.9 Å². The van der Waals surface area contributed by atoms with Gasteiger partial charge in [0.2, 0.25) is 0 Å². The van der Waals surface area contributed by atoms with Crippen molar-refractivity contribution in [3.8, 4) is 0 Å². The summed E-state index contributed by atoms with van der Waals surface area (Å²) in [5.74, 6) is 0.899. The first kappa shape index (κ1) is 13.6. The van der Waals surface area contributed by atoms with E-state index in [0.717, 1.165) is 18.5 Å². The fourth-order valence-corrected chi connectivity index (χ4v) is 4.52. The fraction of sp³-hybridized carbons (Fsp3) is 0.750. The lowest BCUT2D eigenvalue weighted by Gasteiger charge is -2.36. The van der Waals surface area contributed by atoms with Crippen LogP contribution in [0.25, 0.3) is 0 Å². The molecular formula is C16H26N2S. The third-order valence-electron chi connectivity index (χ3n) is 4.55. The van der Waals surface area contributed by atoms with Gasteiger partial charge in [-0.15, -0.1) is 11.3 Å². The third kappa shape index (κ3) is 2.88. The summed E-state index contributed by atoms with van der Waals surface area (Å²) in [4.78, 5) is 5.77. The average Bonchev–Trinajstić information content (AvgIpc) is 2.96. The molecule has 3 heteroatoms. The van der Waals surface area contributed by atoms with Gasteiger partial charge in [-0.05, 0) is 49.4 Å². The van der Waals surface area contributed by atoms with Crippen molar-refractivity contribution in [3.05, 3.63) is 21.9 Å². The van der Waals surface area contributed by atoms with E-state index in [1.54, 1.807) is 0 Å². The molecule has 0 spiro atoms. The number of nitrogens with one attached hydrogen (secondary N) is 1. The molecule has 0 amide bonds. The molecule has 2 aliphatic rings. The van der Waals surface area contributed by atoms with Gasteiger partial charge in [0.05, 0.1) is 0 Å². The van der Waals surface area contributed by atoms with Gasteiger partial charge in [-0.1, -0.05) is 20.8 Å². The van der Waals surface area contributed by atoms with Crippen molar-refractivity contribution in [2.45, 2.75) is 51.6 Å². The normalized spacial score (nSPS) is 28.6. The maximum Gasteiger partial charge on any atom is 0.0331 e. The van der Waals surface area contributed by atoms with Crippen LogP contribution in [0.15, 0.2) is 12.1 Å². The van der Waals surface area contributed by atoms with E-state index >= 15 is 0 Å². The van der Waals surface area contributed by atoms with Crippen LogP contribution < -0.4 is 5.32 Å². The maximum atomic E-state index is 3.57. The fourth-order valence-electron chi connectivity index (χ4n) is 3.43. The topological polar surface area (TPSA) is 15.3 Å². The monoisotopic (exact) mass is 278 g/mol. The Morgan fingerprint density at radius 2 is 2.16 bits per heavy atom. The molecule has 106 valence electrons. The Morgan fingerprint density at radius 1 is 1.32 bits per heavy atom. The van der Waals surface area contributed by atoms with Gasteiger partial charge in [-0.2, -0.15) is 0 Å². The van der Waals surface area contributed by atoms with Gasteiger partial charge in [-0.3, -0.25) is 4.90 Å². The predicted octanol–water partition coefficient (Wildman–Crippen LogP) is 3.23. The van der Waals surface area contributed by atoms with E-state index in [4.69, 9.17) is 0 Å². The van der Waals surface area contributed by atoms with Crippen LogP contribution in [-0.2, 0) is 12.0 Å². The van der Waals surface area contributed by atoms with E-state index in [9.17, 15) is 0 Å². The van der Waals surface area contributed by atoms with Crippen molar-refractivity contribution in [1.29, 1.82) is 0 Å². The van der Waals surface area contributed by atoms with Crippen molar-refractivity contribution in [2.24, 2.45) is 5.92 Å². The molecule has 2 aliphatic heterocycles. The Hall–Kier alpha value is -0.380. The van der Waals surface area contributed by atoms with Crippen molar-refractivity contribution in [2.75, 3.05) is 19.6 Å². The molecule has 0 aliphatic carbocycles. The van der Waals surface area contributed by atoms with Crippen LogP contribution >= 0.6 is 11.3 Å². The first-order chi connectivity index (χ1) is 9.04. The van der Waals surface area contributed by atoms with Gasteiger partial charge in [0.15, 0.2) is 0 Å². The molecule has 2 saturated heterocycles. The van der Waals surface area contributed by atoms with Gasteiger partial charge >= 0.3 is 0 Å². The van der Waals surface area contributed by atoms with Crippen LogP contribution in [0.4, 0.5) is 0 Å². The van der Waals surface area contributed by atoms with Gasteiger partial charge < -0.3 is 5.32 Å². The minimum Gasteiger partial charge on any atom is -0.315 e. The molecule has 0 radical (unpaired) electrons. The number of hydrogen-bond acceptors (Lipinski definition) is 3. The van der Waals surface area contributed by atoms with E-state index in [1.165, 1.54) is 42.2 Å². The van der Waals surface area contributed by atoms with E-state index in [2.05, 4.69) is 43.1 Å². The number of thiophene rings is 1. The molecule has 0 saturated carbocycles. The Morgan fingerprint density at radius 3 is 2.89 bits per heavy atom. The minimum absolute atomic E-state index is 0.294. The van der Waals surface area contributed by atoms with E-state index in [1.807, 2.05) is 11.3 Å². The Balaban J connectivity index is 1.69. The molecule has 2 nitrogen and oxygen atoms in total. The lowest BCUT2D eigenvalue weighted by molar-refractivity contribution is 0.119. The molecule has 1 aromatic heterocycles. The first-order valence-corrected chi connectivity index (χ1v) is 8.39.